The second kappa shape index (κ2) is 8.21. The fraction of sp³-hybridized carbons (Fsp3) is 0.562. The highest BCUT2D eigenvalue weighted by atomic mass is 35.5. The van der Waals surface area contributed by atoms with Crippen LogP contribution in [0.2, 0.25) is 5.02 Å². The van der Waals surface area contributed by atoms with Crippen molar-refractivity contribution in [1.29, 1.82) is 0 Å². The van der Waals surface area contributed by atoms with E-state index in [2.05, 4.69) is 5.32 Å². The van der Waals surface area contributed by atoms with Crippen LogP contribution in [-0.2, 0) is 4.79 Å². The molecule has 1 amide bonds. The third-order valence-corrected chi connectivity index (χ3v) is 4.84. The van der Waals surface area contributed by atoms with E-state index in [0.717, 1.165) is 19.3 Å². The Bertz CT molecular complexity index is 658. The number of nitrogens with one attached hydrogen (secondary N) is 1. The quantitative estimate of drug-likeness (QED) is 0.631. The Morgan fingerprint density at radius 3 is 2.84 bits per heavy atom. The molecule has 2 saturated heterocycles. The van der Waals surface area contributed by atoms with Crippen LogP contribution in [0, 0.1) is 10.1 Å². The van der Waals surface area contributed by atoms with Gasteiger partial charge in [0.05, 0.1) is 4.92 Å². The number of nitro groups is 1. The first kappa shape index (κ1) is 19.8. The number of hydrogen-bond acceptors (Lipinski definition) is 5. The smallest absolute Gasteiger partial charge is 0.312 e. The maximum atomic E-state index is 12.7. The number of amides is 1. The maximum Gasteiger partial charge on any atom is 0.312 e. The summed E-state index contributed by atoms with van der Waals surface area (Å²) in [5, 5.41) is 14.9. The van der Waals surface area contributed by atoms with Crippen LogP contribution in [0.1, 0.15) is 26.2 Å². The molecule has 7 nitrogen and oxygen atoms in total. The van der Waals surface area contributed by atoms with Crippen molar-refractivity contribution < 1.29 is 14.5 Å². The van der Waals surface area contributed by atoms with Crippen LogP contribution in [0.5, 0.6) is 5.75 Å². The van der Waals surface area contributed by atoms with E-state index < -0.39 is 11.0 Å². The second-order valence-electron chi connectivity index (χ2n) is 6.34. The van der Waals surface area contributed by atoms with Gasteiger partial charge in [-0.15, -0.1) is 12.4 Å². The van der Waals surface area contributed by atoms with Gasteiger partial charge >= 0.3 is 5.69 Å². The Morgan fingerprint density at radius 2 is 2.12 bits per heavy atom. The molecule has 3 rings (SSSR count). The maximum absolute atomic E-state index is 12.7. The summed E-state index contributed by atoms with van der Waals surface area (Å²) in [6, 6.07) is 4.98. The van der Waals surface area contributed by atoms with Gasteiger partial charge in [0.25, 0.3) is 5.91 Å². The first-order valence-corrected chi connectivity index (χ1v) is 8.47. The molecule has 2 heterocycles. The number of carbonyl (C=O) groups is 1. The van der Waals surface area contributed by atoms with Crippen LogP contribution in [-0.4, -0.2) is 47.0 Å². The number of likely N-dealkylation sites (tertiary alicyclic amines) is 1. The van der Waals surface area contributed by atoms with Gasteiger partial charge in [0, 0.05) is 36.3 Å². The highest BCUT2D eigenvalue weighted by molar-refractivity contribution is 6.30. The molecule has 25 heavy (non-hydrogen) atoms. The minimum absolute atomic E-state index is 0. The summed E-state index contributed by atoms with van der Waals surface area (Å²) in [4.78, 5) is 25.0. The highest BCUT2D eigenvalue weighted by Gasteiger charge is 2.33. The van der Waals surface area contributed by atoms with Crippen molar-refractivity contribution in [2.75, 3.05) is 13.1 Å². The molecule has 1 aromatic carbocycles. The molecule has 1 aromatic rings. The summed E-state index contributed by atoms with van der Waals surface area (Å²) in [7, 11) is 0. The zero-order valence-electron chi connectivity index (χ0n) is 13.8. The minimum Gasteiger partial charge on any atom is -0.474 e. The summed E-state index contributed by atoms with van der Waals surface area (Å²) < 4.78 is 5.59. The lowest BCUT2D eigenvalue weighted by Gasteiger charge is -2.27. The van der Waals surface area contributed by atoms with Crippen LogP contribution in [0.25, 0.3) is 0 Å². The van der Waals surface area contributed by atoms with Crippen LogP contribution < -0.4 is 10.1 Å². The molecule has 0 saturated carbocycles. The van der Waals surface area contributed by atoms with Crippen molar-refractivity contribution in [3.8, 4) is 5.75 Å². The predicted molar refractivity (Wildman–Crippen MR) is 96.6 cm³/mol. The van der Waals surface area contributed by atoms with Gasteiger partial charge in [-0.2, -0.15) is 0 Å². The first-order valence-electron chi connectivity index (χ1n) is 8.09. The Labute approximate surface area is 157 Å². The topological polar surface area (TPSA) is 84.7 Å². The fourth-order valence-electron chi connectivity index (χ4n) is 3.37. The molecule has 2 fully saturated rings. The number of benzene rings is 1. The van der Waals surface area contributed by atoms with E-state index in [4.69, 9.17) is 16.3 Å². The van der Waals surface area contributed by atoms with Crippen molar-refractivity contribution in [3.63, 3.8) is 0 Å². The van der Waals surface area contributed by atoms with Gasteiger partial charge in [0.2, 0.25) is 0 Å². The first-order chi connectivity index (χ1) is 11.4. The standard InChI is InChI=1S/C16H20ClN3O4.ClH/c1-10(24-15-5-2-11(17)8-14(15)20(22)23)16(21)19-7-6-12-3-4-13(9-19)18-12;/h2,5,8,10,12-13,18H,3-4,6-7,9H2,1H3;1H. The Hall–Kier alpha value is -1.57. The number of hydrogen-bond donors (Lipinski definition) is 1. The van der Waals surface area contributed by atoms with E-state index in [1.54, 1.807) is 11.8 Å². The number of fused-ring (bicyclic) bond motifs is 2. The average molecular weight is 390 g/mol. The van der Waals surface area contributed by atoms with Gasteiger partial charge in [-0.3, -0.25) is 14.9 Å². The van der Waals surface area contributed by atoms with Gasteiger partial charge in [-0.1, -0.05) is 11.6 Å². The monoisotopic (exact) mass is 389 g/mol. The van der Waals surface area contributed by atoms with Crippen LogP contribution >= 0.6 is 24.0 Å². The summed E-state index contributed by atoms with van der Waals surface area (Å²) in [5.74, 6) is -0.0895. The molecule has 3 unspecified atom stereocenters. The Kier molecular flexibility index (Phi) is 6.48. The summed E-state index contributed by atoms with van der Waals surface area (Å²) >= 11 is 5.79. The van der Waals surface area contributed by atoms with Crippen molar-refractivity contribution in [2.24, 2.45) is 0 Å². The Morgan fingerprint density at radius 1 is 1.40 bits per heavy atom. The van der Waals surface area contributed by atoms with E-state index in [9.17, 15) is 14.9 Å². The number of ether oxygens (including phenoxy) is 1. The third kappa shape index (κ3) is 4.54. The number of carbonyl (C=O) groups excluding carboxylic acids is 1. The minimum atomic E-state index is -0.790. The van der Waals surface area contributed by atoms with E-state index in [1.807, 2.05) is 0 Å². The van der Waals surface area contributed by atoms with Crippen molar-refractivity contribution in [2.45, 2.75) is 44.4 Å². The lowest BCUT2D eigenvalue weighted by atomic mass is 10.1. The van der Waals surface area contributed by atoms with E-state index in [1.165, 1.54) is 18.2 Å². The van der Waals surface area contributed by atoms with Crippen molar-refractivity contribution in [1.82, 2.24) is 10.2 Å². The SMILES string of the molecule is CC(Oc1ccc(Cl)cc1[N+](=O)[O-])C(=O)N1CCC2CCC(C1)N2.Cl. The second-order valence-corrected chi connectivity index (χ2v) is 6.78. The summed E-state index contributed by atoms with van der Waals surface area (Å²) in [6.45, 7) is 2.96. The lowest BCUT2D eigenvalue weighted by molar-refractivity contribution is -0.386. The molecule has 138 valence electrons. The lowest BCUT2D eigenvalue weighted by Crippen LogP contribution is -2.44. The predicted octanol–water partition coefficient (Wildman–Crippen LogP) is 2.79. The highest BCUT2D eigenvalue weighted by Crippen LogP contribution is 2.31. The van der Waals surface area contributed by atoms with Gasteiger partial charge in [-0.25, -0.2) is 0 Å². The average Bonchev–Trinajstić information content (AvgIpc) is 2.87. The van der Waals surface area contributed by atoms with E-state index >= 15 is 0 Å². The molecule has 2 aliphatic rings. The molecule has 3 atom stereocenters. The molecule has 0 aromatic heterocycles. The van der Waals surface area contributed by atoms with Crippen molar-refractivity contribution in [3.05, 3.63) is 33.3 Å². The number of rotatable bonds is 4. The Balaban J connectivity index is 0.00000225. The molecule has 0 radical (unpaired) electrons. The normalized spacial score (nSPS) is 23.4. The molecule has 2 bridgehead atoms. The van der Waals surface area contributed by atoms with Gasteiger partial charge < -0.3 is 15.0 Å². The van der Waals surface area contributed by atoms with Crippen molar-refractivity contribution >= 4 is 35.6 Å². The van der Waals surface area contributed by atoms with Gasteiger partial charge in [0.15, 0.2) is 11.9 Å². The number of nitro benzene ring substituents is 1. The molecule has 0 aliphatic carbocycles. The van der Waals surface area contributed by atoms with Gasteiger partial charge in [-0.05, 0) is 38.3 Å². The molecule has 2 aliphatic heterocycles. The zero-order chi connectivity index (χ0) is 17.3. The number of nitrogens with zero attached hydrogens (tertiary/aromatic N) is 2. The summed E-state index contributed by atoms with van der Waals surface area (Å²) in [5.41, 5.74) is -0.237. The third-order valence-electron chi connectivity index (χ3n) is 4.60. The molecular formula is C16H21Cl2N3O4. The molecule has 9 heteroatoms. The fourth-order valence-corrected chi connectivity index (χ4v) is 3.54. The van der Waals surface area contributed by atoms with Crippen LogP contribution in [0.4, 0.5) is 5.69 Å². The number of halogens is 2. The van der Waals surface area contributed by atoms with E-state index in [-0.39, 0.29) is 34.8 Å². The molecule has 1 N–H and O–H groups in total. The van der Waals surface area contributed by atoms with Crippen LogP contribution in [0.3, 0.4) is 0 Å². The molecule has 0 spiro atoms. The molecular weight excluding hydrogens is 369 g/mol. The zero-order valence-corrected chi connectivity index (χ0v) is 15.4. The summed E-state index contributed by atoms with van der Waals surface area (Å²) in [6.07, 6.45) is 2.37. The van der Waals surface area contributed by atoms with E-state index in [0.29, 0.717) is 25.2 Å². The van der Waals surface area contributed by atoms with Gasteiger partial charge in [0.1, 0.15) is 0 Å². The largest absolute Gasteiger partial charge is 0.474 e. The van der Waals surface area contributed by atoms with Crippen LogP contribution in [0.15, 0.2) is 18.2 Å².